The monoisotopic (exact) mass is 583 g/mol. The number of aromatic amines is 1. The molecule has 0 atom stereocenters. The molecule has 14 heteroatoms. The van der Waals surface area contributed by atoms with Gasteiger partial charge in [-0.05, 0) is 54.7 Å². The van der Waals surface area contributed by atoms with Crippen LogP contribution in [0.2, 0.25) is 0 Å². The van der Waals surface area contributed by atoms with Crippen molar-refractivity contribution in [1.29, 1.82) is 0 Å². The zero-order valence-corrected chi connectivity index (χ0v) is 21.0. The highest BCUT2D eigenvalue weighted by atomic mass is 19.4. The molecule has 1 fully saturated rings. The van der Waals surface area contributed by atoms with Gasteiger partial charge in [-0.1, -0.05) is 18.2 Å². The standard InChI is InChI=1S/C25H19F4N3O2.C2HF3O2/c1-11-31-17-9-14(8-16(25(33)34)24(17)32-11)19-22(28)20(26)18(21(27)23(19)29)13-4-2-3-12(7-13)10-30-15-5-6-15;3-2(4,5)1(6)7/h2-4,7-9,15,30H,5-6,10H2,1H3,(H,31,32)(H,33,34);(H,6,7). The third-order valence-electron chi connectivity index (χ3n) is 6.12. The fraction of sp³-hybridized carbons (Fsp3) is 0.222. The number of H-pyrrole nitrogens is 1. The molecule has 1 saturated carbocycles. The average molecular weight is 583 g/mol. The minimum Gasteiger partial charge on any atom is -0.478 e. The lowest BCUT2D eigenvalue weighted by atomic mass is 9.95. The lowest BCUT2D eigenvalue weighted by Crippen LogP contribution is -2.21. The van der Waals surface area contributed by atoms with Gasteiger partial charge < -0.3 is 20.5 Å². The SMILES string of the molecule is Cc1nc2c(C(=O)O)cc(-c3c(F)c(F)c(-c4cccc(CNC5CC5)c4)c(F)c3F)cc2[nH]1.O=C(O)C(F)(F)F. The summed E-state index contributed by atoms with van der Waals surface area (Å²) in [6, 6.07) is 8.76. The molecule has 4 aromatic rings. The van der Waals surface area contributed by atoms with Crippen LogP contribution in [-0.2, 0) is 11.3 Å². The predicted molar refractivity (Wildman–Crippen MR) is 132 cm³/mol. The smallest absolute Gasteiger partial charge is 0.478 e. The van der Waals surface area contributed by atoms with Gasteiger partial charge in [-0.25, -0.2) is 32.1 Å². The van der Waals surface area contributed by atoms with Gasteiger partial charge in [0.05, 0.1) is 22.2 Å². The van der Waals surface area contributed by atoms with Crippen LogP contribution in [0.15, 0.2) is 36.4 Å². The normalized spacial score (nSPS) is 13.2. The number of imidazole rings is 1. The number of aliphatic carboxylic acids is 1. The maximum absolute atomic E-state index is 15.2. The Hall–Kier alpha value is -4.46. The molecule has 216 valence electrons. The second-order valence-electron chi connectivity index (χ2n) is 9.21. The molecule has 0 saturated heterocycles. The van der Waals surface area contributed by atoms with Gasteiger partial charge in [0.15, 0.2) is 23.3 Å². The van der Waals surface area contributed by atoms with Crippen molar-refractivity contribution in [2.24, 2.45) is 0 Å². The van der Waals surface area contributed by atoms with E-state index in [1.54, 1.807) is 19.1 Å². The van der Waals surface area contributed by atoms with Crippen LogP contribution >= 0.6 is 0 Å². The number of aromatic carboxylic acids is 1. The quantitative estimate of drug-likeness (QED) is 0.156. The molecule has 3 aromatic carbocycles. The number of carbonyl (C=O) groups is 2. The Morgan fingerprint density at radius 3 is 2.02 bits per heavy atom. The summed E-state index contributed by atoms with van der Waals surface area (Å²) < 4.78 is 92.5. The van der Waals surface area contributed by atoms with Gasteiger partial charge in [-0.3, -0.25) is 0 Å². The Kier molecular flexibility index (Phi) is 8.06. The predicted octanol–water partition coefficient (Wildman–Crippen LogP) is 6.35. The van der Waals surface area contributed by atoms with E-state index in [9.17, 15) is 23.1 Å². The number of rotatable bonds is 6. The van der Waals surface area contributed by atoms with Crippen molar-refractivity contribution in [3.63, 3.8) is 0 Å². The highest BCUT2D eigenvalue weighted by Crippen LogP contribution is 2.38. The molecular weight excluding hydrogens is 563 g/mol. The van der Waals surface area contributed by atoms with E-state index in [1.165, 1.54) is 18.2 Å². The van der Waals surface area contributed by atoms with Crippen molar-refractivity contribution in [1.82, 2.24) is 15.3 Å². The fourth-order valence-electron chi connectivity index (χ4n) is 4.07. The number of alkyl halides is 3. The Bertz CT molecular complexity index is 1630. The number of aromatic nitrogens is 2. The van der Waals surface area contributed by atoms with Gasteiger partial charge in [0.1, 0.15) is 11.3 Å². The van der Waals surface area contributed by atoms with Crippen LogP contribution < -0.4 is 5.32 Å². The molecule has 5 rings (SSSR count). The van der Waals surface area contributed by atoms with E-state index < -0.39 is 52.5 Å². The molecule has 1 aliphatic carbocycles. The van der Waals surface area contributed by atoms with E-state index in [1.807, 2.05) is 0 Å². The zero-order chi connectivity index (χ0) is 30.2. The Morgan fingerprint density at radius 1 is 0.951 bits per heavy atom. The highest BCUT2D eigenvalue weighted by molar-refractivity contribution is 6.03. The molecule has 41 heavy (non-hydrogen) atoms. The number of benzene rings is 3. The van der Waals surface area contributed by atoms with Gasteiger partial charge in [0.25, 0.3) is 0 Å². The number of hydrogen-bond acceptors (Lipinski definition) is 4. The van der Waals surface area contributed by atoms with E-state index in [2.05, 4.69) is 15.3 Å². The highest BCUT2D eigenvalue weighted by Gasteiger charge is 2.38. The molecule has 0 unspecified atom stereocenters. The van der Waals surface area contributed by atoms with Gasteiger partial charge in [-0.2, -0.15) is 13.2 Å². The van der Waals surface area contributed by atoms with E-state index in [0.29, 0.717) is 18.4 Å². The summed E-state index contributed by atoms with van der Waals surface area (Å²) in [5.74, 6) is -10.1. The van der Waals surface area contributed by atoms with Crippen molar-refractivity contribution in [2.75, 3.05) is 0 Å². The maximum atomic E-state index is 15.2. The van der Waals surface area contributed by atoms with Crippen molar-refractivity contribution in [3.8, 4) is 22.3 Å². The first-order valence-electron chi connectivity index (χ1n) is 11.9. The minimum absolute atomic E-state index is 0.000293. The average Bonchev–Trinajstić information content (AvgIpc) is 3.65. The third kappa shape index (κ3) is 6.32. The summed E-state index contributed by atoms with van der Waals surface area (Å²) in [4.78, 5) is 27.4. The number of carboxylic acids is 2. The molecule has 0 bridgehead atoms. The van der Waals surface area contributed by atoms with Gasteiger partial charge in [0, 0.05) is 12.6 Å². The second-order valence-corrected chi connectivity index (χ2v) is 9.21. The lowest BCUT2D eigenvalue weighted by Gasteiger charge is -2.14. The molecule has 7 nitrogen and oxygen atoms in total. The summed E-state index contributed by atoms with van der Waals surface area (Å²) in [6.45, 7) is 2.04. The zero-order valence-electron chi connectivity index (χ0n) is 21.0. The first-order chi connectivity index (χ1) is 19.2. The second kappa shape index (κ2) is 11.2. The van der Waals surface area contributed by atoms with Crippen LogP contribution in [0, 0.1) is 30.2 Å². The third-order valence-corrected chi connectivity index (χ3v) is 6.12. The number of halogens is 7. The van der Waals surface area contributed by atoms with Crippen molar-refractivity contribution < 1.29 is 50.5 Å². The Balaban J connectivity index is 0.000000493. The first kappa shape index (κ1) is 29.5. The van der Waals surface area contributed by atoms with Gasteiger partial charge in [-0.15, -0.1) is 0 Å². The number of carboxylic acid groups (broad SMARTS) is 2. The number of nitrogens with zero attached hydrogens (tertiary/aromatic N) is 1. The van der Waals surface area contributed by atoms with Crippen LogP contribution in [0.3, 0.4) is 0 Å². The van der Waals surface area contributed by atoms with E-state index in [0.717, 1.165) is 24.5 Å². The summed E-state index contributed by atoms with van der Waals surface area (Å²) in [7, 11) is 0. The number of nitrogens with one attached hydrogen (secondary N) is 2. The maximum Gasteiger partial charge on any atom is 0.490 e. The van der Waals surface area contributed by atoms with Crippen LogP contribution in [-0.4, -0.2) is 44.3 Å². The summed E-state index contributed by atoms with van der Waals surface area (Å²) in [5, 5.41) is 19.9. The summed E-state index contributed by atoms with van der Waals surface area (Å²) in [5.41, 5.74) is -1.51. The van der Waals surface area contributed by atoms with Crippen LogP contribution in [0.4, 0.5) is 30.7 Å². The molecule has 0 aliphatic heterocycles. The Labute approximate surface area is 226 Å². The first-order valence-corrected chi connectivity index (χ1v) is 11.9. The lowest BCUT2D eigenvalue weighted by molar-refractivity contribution is -0.192. The molecule has 0 spiro atoms. The number of hydrogen-bond donors (Lipinski definition) is 4. The van der Waals surface area contributed by atoms with Crippen LogP contribution in [0.5, 0.6) is 0 Å². The van der Waals surface area contributed by atoms with Crippen molar-refractivity contribution >= 4 is 23.0 Å². The van der Waals surface area contributed by atoms with E-state index in [-0.39, 0.29) is 27.7 Å². The number of aryl methyl sites for hydroxylation is 1. The molecule has 0 amide bonds. The summed E-state index contributed by atoms with van der Waals surface area (Å²) >= 11 is 0. The Morgan fingerprint density at radius 2 is 1.51 bits per heavy atom. The fourth-order valence-corrected chi connectivity index (χ4v) is 4.07. The minimum atomic E-state index is -5.08. The largest absolute Gasteiger partial charge is 0.490 e. The number of fused-ring (bicyclic) bond motifs is 1. The molecule has 0 radical (unpaired) electrons. The molecule has 4 N–H and O–H groups in total. The molecule has 1 aromatic heterocycles. The molecule has 1 aliphatic rings. The van der Waals surface area contributed by atoms with E-state index in [4.69, 9.17) is 9.90 Å². The molecular formula is C27H20F7N3O4. The van der Waals surface area contributed by atoms with Gasteiger partial charge in [0.2, 0.25) is 0 Å². The summed E-state index contributed by atoms with van der Waals surface area (Å²) in [6.07, 6.45) is -2.96. The van der Waals surface area contributed by atoms with Crippen molar-refractivity contribution in [2.45, 2.75) is 38.5 Å². The van der Waals surface area contributed by atoms with Crippen molar-refractivity contribution in [3.05, 3.63) is 76.6 Å². The van der Waals surface area contributed by atoms with Crippen LogP contribution in [0.25, 0.3) is 33.3 Å². The van der Waals surface area contributed by atoms with Gasteiger partial charge >= 0.3 is 18.1 Å². The topological polar surface area (TPSA) is 115 Å². The molecule has 1 heterocycles. The van der Waals surface area contributed by atoms with E-state index >= 15 is 17.6 Å². The van der Waals surface area contributed by atoms with Crippen LogP contribution in [0.1, 0.15) is 34.6 Å².